The highest BCUT2D eigenvalue weighted by atomic mass is 16.2. The van der Waals surface area contributed by atoms with Gasteiger partial charge in [-0.05, 0) is 31.2 Å². The zero-order valence-corrected chi connectivity index (χ0v) is 14.7. The number of carbonyl (C=O) groups is 1. The zero-order valence-electron chi connectivity index (χ0n) is 14.7. The maximum atomic E-state index is 12.3. The van der Waals surface area contributed by atoms with Crippen LogP contribution in [-0.4, -0.2) is 51.7 Å². The lowest BCUT2D eigenvalue weighted by Gasteiger charge is -2.30. The highest BCUT2D eigenvalue weighted by molar-refractivity contribution is 5.76. The van der Waals surface area contributed by atoms with Gasteiger partial charge >= 0.3 is 0 Å². The molecule has 1 aromatic rings. The smallest absolute Gasteiger partial charge is 0.267 e. The Morgan fingerprint density at radius 2 is 1.96 bits per heavy atom. The molecule has 24 heavy (non-hydrogen) atoms. The summed E-state index contributed by atoms with van der Waals surface area (Å²) in [5.74, 6) is 0.275. The van der Waals surface area contributed by atoms with Gasteiger partial charge in [0.25, 0.3) is 5.56 Å². The minimum absolute atomic E-state index is 0.0122. The van der Waals surface area contributed by atoms with Crippen molar-refractivity contribution in [1.82, 2.24) is 19.6 Å². The Morgan fingerprint density at radius 3 is 2.71 bits per heavy atom. The largest absolute Gasteiger partial charge is 0.343 e. The first kappa shape index (κ1) is 17.1. The van der Waals surface area contributed by atoms with Gasteiger partial charge in [0.15, 0.2) is 0 Å². The lowest BCUT2D eigenvalue weighted by Crippen LogP contribution is -2.39. The summed E-state index contributed by atoms with van der Waals surface area (Å²) in [5, 5.41) is 4.51. The van der Waals surface area contributed by atoms with Crippen LogP contribution in [-0.2, 0) is 24.3 Å². The molecule has 0 N–H and O–H groups in total. The molecule has 0 unspecified atom stereocenters. The van der Waals surface area contributed by atoms with Crippen LogP contribution in [0.2, 0.25) is 0 Å². The van der Waals surface area contributed by atoms with Crippen LogP contribution in [0.1, 0.15) is 50.3 Å². The summed E-state index contributed by atoms with van der Waals surface area (Å²) in [7, 11) is 0. The Balaban J connectivity index is 1.56. The summed E-state index contributed by atoms with van der Waals surface area (Å²) >= 11 is 0. The van der Waals surface area contributed by atoms with Crippen molar-refractivity contribution in [3.63, 3.8) is 0 Å². The van der Waals surface area contributed by atoms with Gasteiger partial charge in [-0.25, -0.2) is 4.68 Å². The lowest BCUT2D eigenvalue weighted by molar-refractivity contribution is -0.132. The first-order chi connectivity index (χ1) is 11.7. The van der Waals surface area contributed by atoms with Crippen LogP contribution in [0, 0.1) is 0 Å². The molecule has 1 saturated heterocycles. The van der Waals surface area contributed by atoms with Crippen LogP contribution < -0.4 is 5.56 Å². The number of piperidine rings is 1. The molecule has 2 aliphatic heterocycles. The average molecular weight is 332 g/mol. The fraction of sp³-hybridized carbons (Fsp3) is 0.722. The summed E-state index contributed by atoms with van der Waals surface area (Å²) in [6.07, 6.45) is 5.87. The second-order valence-electron chi connectivity index (χ2n) is 6.90. The van der Waals surface area contributed by atoms with Crippen molar-refractivity contribution in [3.8, 4) is 0 Å². The quantitative estimate of drug-likeness (QED) is 0.818. The fourth-order valence-electron chi connectivity index (χ4n) is 3.62. The first-order valence-electron chi connectivity index (χ1n) is 9.27. The van der Waals surface area contributed by atoms with Crippen LogP contribution in [0.25, 0.3) is 0 Å². The number of nitrogens with zero attached hydrogens (tertiary/aromatic N) is 4. The molecule has 0 aliphatic carbocycles. The van der Waals surface area contributed by atoms with Crippen LogP contribution in [0.3, 0.4) is 0 Å². The zero-order chi connectivity index (χ0) is 16.9. The first-order valence-corrected chi connectivity index (χ1v) is 9.27. The second-order valence-corrected chi connectivity index (χ2v) is 6.90. The predicted octanol–water partition coefficient (Wildman–Crippen LogP) is 1.41. The van der Waals surface area contributed by atoms with Crippen LogP contribution in [0.15, 0.2) is 10.9 Å². The number of carbonyl (C=O) groups excluding carboxylic acids is 1. The maximum absolute atomic E-state index is 12.3. The number of aromatic nitrogens is 2. The molecule has 3 rings (SSSR count). The van der Waals surface area contributed by atoms with Crippen LogP contribution >= 0.6 is 0 Å². The normalized spacial score (nSPS) is 18.5. The number of amides is 1. The van der Waals surface area contributed by atoms with Crippen molar-refractivity contribution < 1.29 is 4.79 Å². The minimum atomic E-state index is -0.0122. The monoisotopic (exact) mass is 332 g/mol. The summed E-state index contributed by atoms with van der Waals surface area (Å²) in [6, 6.07) is 1.73. The highest BCUT2D eigenvalue weighted by Crippen LogP contribution is 2.16. The minimum Gasteiger partial charge on any atom is -0.343 e. The third kappa shape index (κ3) is 4.04. The molecule has 1 aromatic heterocycles. The number of fused-ring (bicyclic) bond motifs is 1. The van der Waals surface area contributed by atoms with Crippen molar-refractivity contribution >= 4 is 5.91 Å². The average Bonchev–Trinajstić information content (AvgIpc) is 2.61. The summed E-state index contributed by atoms with van der Waals surface area (Å²) in [5.41, 5.74) is 2.06. The predicted molar refractivity (Wildman–Crippen MR) is 92.8 cm³/mol. The molecule has 132 valence electrons. The van der Waals surface area contributed by atoms with Gasteiger partial charge in [0, 0.05) is 58.2 Å². The Morgan fingerprint density at radius 1 is 1.17 bits per heavy atom. The van der Waals surface area contributed by atoms with Crippen molar-refractivity contribution in [1.29, 1.82) is 0 Å². The highest BCUT2D eigenvalue weighted by Gasteiger charge is 2.21. The van der Waals surface area contributed by atoms with Gasteiger partial charge in [-0.15, -0.1) is 0 Å². The van der Waals surface area contributed by atoms with Gasteiger partial charge in [0.1, 0.15) is 0 Å². The van der Waals surface area contributed by atoms with E-state index in [4.69, 9.17) is 0 Å². The standard InChI is InChI=1S/C18H28N4O2/c1-2-8-22-18(24)13-15-14-20(11-6-16(15)19-22)12-7-17(23)21-9-4-3-5-10-21/h13H,2-12,14H2,1H3. The van der Waals surface area contributed by atoms with E-state index in [0.717, 1.165) is 69.7 Å². The summed E-state index contributed by atoms with van der Waals surface area (Å²) in [4.78, 5) is 28.7. The van der Waals surface area contributed by atoms with Gasteiger partial charge in [0.05, 0.1) is 5.69 Å². The molecule has 3 heterocycles. The number of aryl methyl sites for hydroxylation is 1. The summed E-state index contributed by atoms with van der Waals surface area (Å²) < 4.78 is 1.58. The maximum Gasteiger partial charge on any atom is 0.267 e. The number of hydrogen-bond acceptors (Lipinski definition) is 4. The third-order valence-corrected chi connectivity index (χ3v) is 5.01. The third-order valence-electron chi connectivity index (χ3n) is 5.01. The second kappa shape index (κ2) is 7.92. The van der Waals surface area contributed by atoms with E-state index in [1.54, 1.807) is 10.7 Å². The van der Waals surface area contributed by atoms with Crippen LogP contribution in [0.5, 0.6) is 0 Å². The van der Waals surface area contributed by atoms with E-state index in [2.05, 4.69) is 16.9 Å². The molecule has 0 radical (unpaired) electrons. The van der Waals surface area contributed by atoms with Crippen molar-refractivity contribution in [2.24, 2.45) is 0 Å². The Hall–Kier alpha value is -1.69. The number of hydrogen-bond donors (Lipinski definition) is 0. The molecule has 0 bridgehead atoms. The van der Waals surface area contributed by atoms with Gasteiger partial charge < -0.3 is 4.90 Å². The van der Waals surface area contributed by atoms with Gasteiger partial charge in [0.2, 0.25) is 5.91 Å². The van der Waals surface area contributed by atoms with E-state index in [1.165, 1.54) is 6.42 Å². The van der Waals surface area contributed by atoms with E-state index in [-0.39, 0.29) is 11.5 Å². The molecule has 6 heteroatoms. The molecule has 0 saturated carbocycles. The molecular weight excluding hydrogens is 304 g/mol. The number of rotatable bonds is 5. The molecule has 1 amide bonds. The molecule has 0 aromatic carbocycles. The van der Waals surface area contributed by atoms with Crippen molar-refractivity contribution in [3.05, 3.63) is 27.7 Å². The fourth-order valence-corrected chi connectivity index (χ4v) is 3.62. The van der Waals surface area contributed by atoms with E-state index >= 15 is 0 Å². The van der Waals surface area contributed by atoms with E-state index in [0.29, 0.717) is 13.0 Å². The Kier molecular flexibility index (Phi) is 5.66. The van der Waals surface area contributed by atoms with Crippen LogP contribution in [0.4, 0.5) is 0 Å². The molecule has 2 aliphatic rings. The molecule has 6 nitrogen and oxygen atoms in total. The van der Waals surface area contributed by atoms with Crippen molar-refractivity contribution in [2.75, 3.05) is 26.2 Å². The van der Waals surface area contributed by atoms with E-state index < -0.39 is 0 Å². The van der Waals surface area contributed by atoms with Gasteiger partial charge in [-0.1, -0.05) is 6.92 Å². The van der Waals surface area contributed by atoms with Gasteiger partial charge in [-0.3, -0.25) is 14.5 Å². The number of likely N-dealkylation sites (tertiary alicyclic amines) is 1. The lowest BCUT2D eigenvalue weighted by atomic mass is 10.1. The summed E-state index contributed by atoms with van der Waals surface area (Å²) in [6.45, 7) is 6.99. The topological polar surface area (TPSA) is 58.4 Å². The van der Waals surface area contributed by atoms with E-state index in [9.17, 15) is 9.59 Å². The Labute approximate surface area is 143 Å². The molecule has 1 fully saturated rings. The molecular formula is C18H28N4O2. The van der Waals surface area contributed by atoms with Gasteiger partial charge in [-0.2, -0.15) is 5.10 Å². The van der Waals surface area contributed by atoms with Crippen molar-refractivity contribution in [2.45, 2.75) is 58.5 Å². The SMILES string of the molecule is CCCn1nc2c(cc1=O)CN(CCC(=O)N1CCCCC1)CC2. The molecule has 0 atom stereocenters. The molecule has 0 spiro atoms. The van der Waals surface area contributed by atoms with E-state index in [1.807, 2.05) is 4.90 Å². The Bertz CT molecular complexity index is 634.